The van der Waals surface area contributed by atoms with Crippen LogP contribution in [0.1, 0.15) is 17.3 Å². The lowest BCUT2D eigenvalue weighted by Crippen LogP contribution is -2.04. The molecule has 0 amide bonds. The van der Waals surface area contributed by atoms with Gasteiger partial charge in [-0.3, -0.25) is 0 Å². The van der Waals surface area contributed by atoms with Gasteiger partial charge in [0.05, 0.1) is 11.5 Å². The molecule has 0 spiro atoms. The predicted molar refractivity (Wildman–Crippen MR) is 77.9 cm³/mol. The van der Waals surface area contributed by atoms with Crippen molar-refractivity contribution in [1.82, 2.24) is 10.1 Å². The minimum absolute atomic E-state index is 0.00337. The molecule has 0 saturated carbocycles. The van der Waals surface area contributed by atoms with E-state index < -0.39 is 0 Å². The molecule has 2 heterocycles. The summed E-state index contributed by atoms with van der Waals surface area (Å²) in [6, 6.07) is 15.4. The fraction of sp³-hybridized carbons (Fsp3) is 0.125. The van der Waals surface area contributed by atoms with E-state index >= 15 is 0 Å². The van der Waals surface area contributed by atoms with Gasteiger partial charge in [-0.15, -0.1) is 0 Å². The van der Waals surface area contributed by atoms with E-state index in [9.17, 15) is 0 Å². The standard InChI is InChI=1S/C16H13N3O2/c17-13-7-3-1-6-11(13)16-18-15(19-21-16)12-9-20-14-8-4-2-5-10(12)14/h1-8,12H,9,17H2. The largest absolute Gasteiger partial charge is 0.492 e. The minimum atomic E-state index is 0.00337. The van der Waals surface area contributed by atoms with Crippen LogP contribution in [0.4, 0.5) is 5.69 Å². The van der Waals surface area contributed by atoms with Crippen molar-refractivity contribution in [2.24, 2.45) is 0 Å². The molecule has 2 aromatic carbocycles. The summed E-state index contributed by atoms with van der Waals surface area (Å²) < 4.78 is 11.0. The molecule has 0 bridgehead atoms. The van der Waals surface area contributed by atoms with Gasteiger partial charge >= 0.3 is 0 Å². The average Bonchev–Trinajstić information content (AvgIpc) is 3.14. The van der Waals surface area contributed by atoms with Crippen LogP contribution in [0, 0.1) is 0 Å². The Morgan fingerprint density at radius 3 is 2.76 bits per heavy atom. The van der Waals surface area contributed by atoms with Crippen molar-refractivity contribution in [2.45, 2.75) is 5.92 Å². The number of fused-ring (bicyclic) bond motifs is 1. The number of nitrogens with two attached hydrogens (primary N) is 1. The Morgan fingerprint density at radius 2 is 1.86 bits per heavy atom. The van der Waals surface area contributed by atoms with Crippen LogP contribution in [0.5, 0.6) is 5.75 Å². The van der Waals surface area contributed by atoms with E-state index in [2.05, 4.69) is 10.1 Å². The van der Waals surface area contributed by atoms with Crippen molar-refractivity contribution >= 4 is 5.69 Å². The maximum absolute atomic E-state index is 5.94. The number of hydrogen-bond acceptors (Lipinski definition) is 5. The Bertz CT molecular complexity index is 797. The maximum Gasteiger partial charge on any atom is 0.260 e. The lowest BCUT2D eigenvalue weighted by Gasteiger charge is -2.01. The zero-order chi connectivity index (χ0) is 14.2. The van der Waals surface area contributed by atoms with Gasteiger partial charge in [-0.2, -0.15) is 4.98 Å². The van der Waals surface area contributed by atoms with Crippen molar-refractivity contribution in [3.8, 4) is 17.2 Å². The van der Waals surface area contributed by atoms with Crippen molar-refractivity contribution in [1.29, 1.82) is 0 Å². The van der Waals surface area contributed by atoms with E-state index in [1.807, 2.05) is 48.5 Å². The molecule has 1 aliphatic rings. The third-order valence-corrected chi connectivity index (χ3v) is 3.64. The first-order valence-electron chi connectivity index (χ1n) is 6.73. The van der Waals surface area contributed by atoms with Gasteiger partial charge in [-0.25, -0.2) is 0 Å². The number of ether oxygens (including phenoxy) is 1. The molecule has 1 aliphatic heterocycles. The molecule has 1 aromatic heterocycles. The van der Waals surface area contributed by atoms with Gasteiger partial charge in [0.25, 0.3) is 5.89 Å². The molecule has 21 heavy (non-hydrogen) atoms. The summed E-state index contributed by atoms with van der Waals surface area (Å²) in [7, 11) is 0. The molecule has 0 saturated heterocycles. The van der Waals surface area contributed by atoms with Crippen LogP contribution in [-0.4, -0.2) is 16.7 Å². The number of nitrogen functional groups attached to an aromatic ring is 1. The normalized spacial score (nSPS) is 16.5. The maximum atomic E-state index is 5.94. The Kier molecular flexibility index (Phi) is 2.64. The Labute approximate surface area is 121 Å². The van der Waals surface area contributed by atoms with E-state index in [0.29, 0.717) is 24.0 Å². The second-order valence-corrected chi connectivity index (χ2v) is 4.95. The van der Waals surface area contributed by atoms with E-state index in [4.69, 9.17) is 15.0 Å². The summed E-state index contributed by atoms with van der Waals surface area (Å²) in [5.41, 5.74) is 8.40. The summed E-state index contributed by atoms with van der Waals surface area (Å²) in [5, 5.41) is 4.09. The van der Waals surface area contributed by atoms with Crippen LogP contribution in [0.3, 0.4) is 0 Å². The van der Waals surface area contributed by atoms with Crippen molar-refractivity contribution in [3.63, 3.8) is 0 Å². The topological polar surface area (TPSA) is 74.2 Å². The van der Waals surface area contributed by atoms with Crippen LogP contribution >= 0.6 is 0 Å². The molecule has 0 aliphatic carbocycles. The SMILES string of the molecule is Nc1ccccc1-c1nc(C2COc3ccccc32)no1. The highest BCUT2D eigenvalue weighted by atomic mass is 16.5. The van der Waals surface area contributed by atoms with Crippen LogP contribution < -0.4 is 10.5 Å². The summed E-state index contributed by atoms with van der Waals surface area (Å²) >= 11 is 0. The Hall–Kier alpha value is -2.82. The van der Waals surface area contributed by atoms with Gasteiger partial charge in [0.2, 0.25) is 0 Å². The highest BCUT2D eigenvalue weighted by molar-refractivity contribution is 5.70. The number of nitrogens with zero attached hydrogens (tertiary/aromatic N) is 2. The number of anilines is 1. The lowest BCUT2D eigenvalue weighted by molar-refractivity contribution is 0.335. The smallest absolute Gasteiger partial charge is 0.260 e. The summed E-state index contributed by atoms with van der Waals surface area (Å²) in [6.07, 6.45) is 0. The highest BCUT2D eigenvalue weighted by Gasteiger charge is 2.29. The van der Waals surface area contributed by atoms with E-state index in [-0.39, 0.29) is 5.92 Å². The molecule has 0 radical (unpaired) electrons. The second kappa shape index (κ2) is 4.63. The van der Waals surface area contributed by atoms with Gasteiger partial charge in [-0.05, 0) is 18.2 Å². The van der Waals surface area contributed by atoms with Gasteiger partial charge in [0.15, 0.2) is 5.82 Å². The Balaban J connectivity index is 1.72. The number of para-hydroxylation sites is 2. The summed E-state index contributed by atoms with van der Waals surface area (Å²) in [4.78, 5) is 4.48. The molecule has 2 N–H and O–H groups in total. The summed E-state index contributed by atoms with van der Waals surface area (Å²) in [6.45, 7) is 0.530. The second-order valence-electron chi connectivity index (χ2n) is 4.95. The van der Waals surface area contributed by atoms with Gasteiger partial charge in [0.1, 0.15) is 12.4 Å². The van der Waals surface area contributed by atoms with Gasteiger partial charge in [0, 0.05) is 11.3 Å². The molecular weight excluding hydrogens is 266 g/mol. The first-order chi connectivity index (χ1) is 10.3. The molecule has 3 aromatic rings. The minimum Gasteiger partial charge on any atom is -0.492 e. The third kappa shape index (κ3) is 1.94. The highest BCUT2D eigenvalue weighted by Crippen LogP contribution is 2.37. The van der Waals surface area contributed by atoms with Crippen molar-refractivity contribution in [2.75, 3.05) is 12.3 Å². The number of aromatic nitrogens is 2. The molecule has 1 unspecified atom stereocenters. The quantitative estimate of drug-likeness (QED) is 0.730. The molecule has 0 fully saturated rings. The van der Waals surface area contributed by atoms with E-state index in [1.165, 1.54) is 0 Å². The van der Waals surface area contributed by atoms with Crippen LogP contribution in [0.15, 0.2) is 53.1 Å². The fourth-order valence-corrected chi connectivity index (χ4v) is 2.55. The number of rotatable bonds is 2. The molecule has 5 heteroatoms. The molecular formula is C16H13N3O2. The predicted octanol–water partition coefficient (Wildman–Crippen LogP) is 2.84. The first-order valence-corrected chi connectivity index (χ1v) is 6.73. The number of hydrogen-bond donors (Lipinski definition) is 1. The monoisotopic (exact) mass is 279 g/mol. The molecule has 104 valence electrons. The van der Waals surface area contributed by atoms with E-state index in [1.54, 1.807) is 0 Å². The average molecular weight is 279 g/mol. The lowest BCUT2D eigenvalue weighted by atomic mass is 10.0. The van der Waals surface area contributed by atoms with Crippen LogP contribution in [0.25, 0.3) is 11.5 Å². The molecule has 1 atom stereocenters. The van der Waals surface area contributed by atoms with Crippen molar-refractivity contribution < 1.29 is 9.26 Å². The zero-order valence-electron chi connectivity index (χ0n) is 11.2. The third-order valence-electron chi connectivity index (χ3n) is 3.64. The zero-order valence-corrected chi connectivity index (χ0v) is 11.2. The van der Waals surface area contributed by atoms with Crippen LogP contribution in [0.2, 0.25) is 0 Å². The van der Waals surface area contributed by atoms with E-state index in [0.717, 1.165) is 16.9 Å². The van der Waals surface area contributed by atoms with Crippen LogP contribution in [-0.2, 0) is 0 Å². The summed E-state index contributed by atoms with van der Waals surface area (Å²) in [5.74, 6) is 1.95. The number of benzene rings is 2. The Morgan fingerprint density at radius 1 is 1.05 bits per heavy atom. The molecule has 5 nitrogen and oxygen atoms in total. The first kappa shape index (κ1) is 12.0. The van der Waals surface area contributed by atoms with Crippen molar-refractivity contribution in [3.05, 3.63) is 59.9 Å². The molecule has 4 rings (SSSR count). The van der Waals surface area contributed by atoms with Gasteiger partial charge < -0.3 is 15.0 Å². The fourth-order valence-electron chi connectivity index (χ4n) is 2.55. The van der Waals surface area contributed by atoms with Gasteiger partial charge in [-0.1, -0.05) is 35.5 Å².